The molecule has 0 fully saturated rings. The molecule has 1 aromatic carbocycles. The number of aromatic hydroxyl groups is 1. The predicted molar refractivity (Wildman–Crippen MR) is 63.2 cm³/mol. The van der Waals surface area contributed by atoms with Gasteiger partial charge in [0.05, 0.1) is 6.16 Å². The quantitative estimate of drug-likeness (QED) is 0.477. The summed E-state index contributed by atoms with van der Waals surface area (Å²) in [6.45, 7) is 0. The molecule has 1 atom stereocenters. The van der Waals surface area contributed by atoms with E-state index in [1.54, 1.807) is 0 Å². The number of hydrogen-bond acceptors (Lipinski definition) is 4. The Hall–Kier alpha value is -1.40. The number of para-hydroxylation sites is 1. The first-order valence-electron chi connectivity index (χ1n) is 5.03. The summed E-state index contributed by atoms with van der Waals surface area (Å²) < 4.78 is 10.9. The molecular formula is C10H14NO6P. The minimum atomic E-state index is -4.30. The Kier molecular flexibility index (Phi) is 4.48. The van der Waals surface area contributed by atoms with Crippen molar-refractivity contribution in [1.29, 1.82) is 0 Å². The maximum atomic E-state index is 10.9. The molecule has 0 heterocycles. The summed E-state index contributed by atoms with van der Waals surface area (Å²) in [7, 11) is -4.30. The van der Waals surface area contributed by atoms with E-state index in [2.05, 4.69) is 0 Å². The molecule has 0 amide bonds. The zero-order valence-electron chi connectivity index (χ0n) is 9.35. The van der Waals surface area contributed by atoms with E-state index in [4.69, 9.17) is 20.6 Å². The topological polar surface area (TPSA) is 141 Å². The normalized spacial score (nSPS) is 13.3. The number of hydrogen-bond donors (Lipinski definition) is 5. The molecule has 0 bridgehead atoms. The largest absolute Gasteiger partial charge is 0.507 e. The Bertz CT molecular complexity index is 497. The third kappa shape index (κ3) is 4.12. The number of nitrogens with two attached hydrogens (primary N) is 1. The molecule has 1 aromatic rings. The molecule has 7 nitrogen and oxygen atoms in total. The average molecular weight is 275 g/mol. The van der Waals surface area contributed by atoms with Gasteiger partial charge in [-0.15, -0.1) is 0 Å². The molecule has 0 aliphatic heterocycles. The van der Waals surface area contributed by atoms with Crippen LogP contribution in [0.3, 0.4) is 0 Å². The van der Waals surface area contributed by atoms with Crippen LogP contribution in [-0.4, -0.2) is 32.0 Å². The van der Waals surface area contributed by atoms with Gasteiger partial charge in [0.2, 0.25) is 0 Å². The molecule has 0 saturated carbocycles. The van der Waals surface area contributed by atoms with E-state index < -0.39 is 25.8 Å². The van der Waals surface area contributed by atoms with Crippen molar-refractivity contribution in [2.24, 2.45) is 5.73 Å². The number of phenols is 1. The molecule has 1 rings (SSSR count). The van der Waals surface area contributed by atoms with Crippen molar-refractivity contribution in [3.8, 4) is 5.75 Å². The van der Waals surface area contributed by atoms with E-state index in [-0.39, 0.29) is 23.3 Å². The van der Waals surface area contributed by atoms with Crippen LogP contribution in [0.25, 0.3) is 0 Å². The van der Waals surface area contributed by atoms with Crippen molar-refractivity contribution in [2.45, 2.75) is 18.6 Å². The molecule has 0 aliphatic carbocycles. The van der Waals surface area contributed by atoms with Crippen molar-refractivity contribution < 1.29 is 29.4 Å². The first kappa shape index (κ1) is 14.7. The van der Waals surface area contributed by atoms with E-state index in [1.165, 1.54) is 18.2 Å². The number of carboxylic acid groups (broad SMARTS) is 1. The summed E-state index contributed by atoms with van der Waals surface area (Å²) in [6, 6.07) is 3.13. The van der Waals surface area contributed by atoms with Crippen LogP contribution in [0.1, 0.15) is 11.1 Å². The van der Waals surface area contributed by atoms with Gasteiger partial charge in [-0.05, 0) is 5.56 Å². The van der Waals surface area contributed by atoms with Gasteiger partial charge in [0.1, 0.15) is 11.8 Å². The fourth-order valence-corrected chi connectivity index (χ4v) is 2.18. The van der Waals surface area contributed by atoms with Crippen LogP contribution in [0.15, 0.2) is 18.2 Å². The van der Waals surface area contributed by atoms with Gasteiger partial charge >= 0.3 is 13.6 Å². The van der Waals surface area contributed by atoms with Gasteiger partial charge in [-0.1, -0.05) is 18.2 Å². The lowest BCUT2D eigenvalue weighted by Gasteiger charge is -2.12. The molecular weight excluding hydrogens is 261 g/mol. The van der Waals surface area contributed by atoms with E-state index in [1.807, 2.05) is 0 Å². The monoisotopic (exact) mass is 275 g/mol. The summed E-state index contributed by atoms with van der Waals surface area (Å²) in [6.07, 6.45) is -0.717. The number of carbonyl (C=O) groups is 1. The lowest BCUT2D eigenvalue weighted by molar-refractivity contribution is -0.138. The van der Waals surface area contributed by atoms with Gasteiger partial charge in [-0.2, -0.15) is 0 Å². The van der Waals surface area contributed by atoms with Gasteiger partial charge in [0.15, 0.2) is 0 Å². The smallest absolute Gasteiger partial charge is 0.330 e. The van der Waals surface area contributed by atoms with Crippen molar-refractivity contribution in [2.75, 3.05) is 0 Å². The molecule has 6 N–H and O–H groups in total. The predicted octanol–water partition coefficient (Wildman–Crippen LogP) is 0.0243. The van der Waals surface area contributed by atoms with Crippen LogP contribution in [0, 0.1) is 0 Å². The summed E-state index contributed by atoms with van der Waals surface area (Å²) in [5.41, 5.74) is 5.64. The second-order valence-electron chi connectivity index (χ2n) is 3.90. The van der Waals surface area contributed by atoms with E-state index in [0.29, 0.717) is 0 Å². The van der Waals surface area contributed by atoms with Crippen LogP contribution in [0.2, 0.25) is 0 Å². The van der Waals surface area contributed by atoms with E-state index in [9.17, 15) is 14.5 Å². The molecule has 0 aliphatic rings. The Labute approximate surface area is 103 Å². The number of benzene rings is 1. The van der Waals surface area contributed by atoms with Crippen LogP contribution in [0.4, 0.5) is 0 Å². The minimum absolute atomic E-state index is 0.0680. The lowest BCUT2D eigenvalue weighted by Crippen LogP contribution is -2.32. The molecule has 0 aromatic heterocycles. The first-order valence-corrected chi connectivity index (χ1v) is 6.83. The summed E-state index contributed by atoms with van der Waals surface area (Å²) in [4.78, 5) is 28.3. The minimum Gasteiger partial charge on any atom is -0.507 e. The number of phenolic OH excluding ortho intramolecular Hbond substituents is 1. The highest BCUT2D eigenvalue weighted by molar-refractivity contribution is 7.50. The maximum Gasteiger partial charge on any atom is 0.330 e. The first-order chi connectivity index (χ1) is 8.20. The van der Waals surface area contributed by atoms with Gasteiger partial charge in [0, 0.05) is 12.0 Å². The Morgan fingerprint density at radius 1 is 1.33 bits per heavy atom. The highest BCUT2D eigenvalue weighted by Gasteiger charge is 2.20. The van der Waals surface area contributed by atoms with Crippen molar-refractivity contribution >= 4 is 13.6 Å². The third-order valence-corrected chi connectivity index (χ3v) is 3.09. The summed E-state index contributed by atoms with van der Waals surface area (Å²) >= 11 is 0. The van der Waals surface area contributed by atoms with Gasteiger partial charge in [0.25, 0.3) is 0 Å². The second kappa shape index (κ2) is 5.49. The standard InChI is InChI=1S/C10H14NO6P/c11-8(10(13)14)4-6-2-1-3-7(9(6)12)5-18(15,16)17/h1-3,8,12H,4-5,11H2,(H,13,14)(H2,15,16,17)/t8-/m0/s1. The van der Waals surface area contributed by atoms with Crippen molar-refractivity contribution in [1.82, 2.24) is 0 Å². The zero-order valence-corrected chi connectivity index (χ0v) is 10.2. The van der Waals surface area contributed by atoms with Crippen molar-refractivity contribution in [3.63, 3.8) is 0 Å². The molecule has 0 unspecified atom stereocenters. The van der Waals surface area contributed by atoms with Crippen LogP contribution in [0.5, 0.6) is 5.75 Å². The summed E-state index contributed by atoms with van der Waals surface area (Å²) in [5.74, 6) is -1.53. The van der Waals surface area contributed by atoms with Gasteiger partial charge < -0.3 is 25.7 Å². The molecule has 18 heavy (non-hydrogen) atoms. The molecule has 0 spiro atoms. The highest BCUT2D eigenvalue weighted by atomic mass is 31.2. The zero-order chi connectivity index (χ0) is 13.9. The Morgan fingerprint density at radius 2 is 1.89 bits per heavy atom. The highest BCUT2D eigenvalue weighted by Crippen LogP contribution is 2.42. The molecule has 100 valence electrons. The van der Waals surface area contributed by atoms with Crippen LogP contribution < -0.4 is 5.73 Å². The van der Waals surface area contributed by atoms with Gasteiger partial charge in [-0.25, -0.2) is 0 Å². The lowest BCUT2D eigenvalue weighted by atomic mass is 10.0. The SMILES string of the molecule is N[C@@H](Cc1cccc(CP(=O)(O)O)c1O)C(=O)O. The van der Waals surface area contributed by atoms with E-state index in [0.717, 1.165) is 0 Å². The third-order valence-electron chi connectivity index (χ3n) is 2.34. The Balaban J connectivity index is 2.99. The fourth-order valence-electron chi connectivity index (χ4n) is 1.48. The fraction of sp³-hybridized carbons (Fsp3) is 0.300. The van der Waals surface area contributed by atoms with Crippen LogP contribution in [-0.2, 0) is 21.9 Å². The number of aliphatic carboxylic acids is 1. The molecule has 0 radical (unpaired) electrons. The van der Waals surface area contributed by atoms with E-state index >= 15 is 0 Å². The number of carboxylic acids is 1. The van der Waals surface area contributed by atoms with Crippen LogP contribution >= 0.6 is 7.60 Å². The Morgan fingerprint density at radius 3 is 2.39 bits per heavy atom. The molecule has 0 saturated heterocycles. The summed E-state index contributed by atoms with van der Waals surface area (Å²) in [5, 5.41) is 18.4. The van der Waals surface area contributed by atoms with Gasteiger partial charge in [-0.3, -0.25) is 9.36 Å². The molecule has 8 heteroatoms. The maximum absolute atomic E-state index is 10.9. The van der Waals surface area contributed by atoms with Crippen molar-refractivity contribution in [3.05, 3.63) is 29.3 Å². The second-order valence-corrected chi connectivity index (χ2v) is 5.54. The average Bonchev–Trinajstić information content (AvgIpc) is 2.21. The number of rotatable bonds is 5.